The summed E-state index contributed by atoms with van der Waals surface area (Å²) in [6, 6.07) is 18.4. The van der Waals surface area contributed by atoms with E-state index in [0.717, 1.165) is 33.6 Å². The molecule has 1 aromatic heterocycles. The van der Waals surface area contributed by atoms with Gasteiger partial charge < -0.3 is 10.1 Å². The molecule has 3 atom stereocenters. The summed E-state index contributed by atoms with van der Waals surface area (Å²) >= 11 is 15.1. The van der Waals surface area contributed by atoms with Crippen molar-refractivity contribution in [3.05, 3.63) is 108 Å². The van der Waals surface area contributed by atoms with E-state index >= 15 is 0 Å². The molecule has 3 amide bonds. The third kappa shape index (κ3) is 5.69. The van der Waals surface area contributed by atoms with Crippen LogP contribution in [0.25, 0.3) is 0 Å². The minimum absolute atomic E-state index is 0.209. The van der Waals surface area contributed by atoms with Crippen molar-refractivity contribution in [2.75, 3.05) is 16.8 Å². The molecule has 2 aliphatic heterocycles. The van der Waals surface area contributed by atoms with Crippen LogP contribution in [0.5, 0.6) is 0 Å². The fourth-order valence-corrected chi connectivity index (χ4v) is 8.82. The number of benzene rings is 3. The van der Waals surface area contributed by atoms with Gasteiger partial charge in [0.15, 0.2) is 0 Å². The second kappa shape index (κ2) is 12.5. The van der Waals surface area contributed by atoms with Gasteiger partial charge >= 0.3 is 10.8 Å². The summed E-state index contributed by atoms with van der Waals surface area (Å²) in [5.74, 6) is -3.59. The summed E-state index contributed by atoms with van der Waals surface area (Å²) in [6.45, 7) is 3.52. The second-order valence-electron chi connectivity index (χ2n) is 10.5. The van der Waals surface area contributed by atoms with Crippen LogP contribution in [0.4, 0.5) is 11.4 Å². The highest BCUT2D eigenvalue weighted by Gasteiger charge is 2.57. The van der Waals surface area contributed by atoms with Gasteiger partial charge in [0.05, 0.1) is 38.8 Å². The number of aromatic nitrogens is 1. The Morgan fingerprint density at radius 2 is 1.71 bits per heavy atom. The lowest BCUT2D eigenvalue weighted by Gasteiger charge is -2.31. The highest BCUT2D eigenvalue weighted by Crippen LogP contribution is 2.55. The highest BCUT2D eigenvalue weighted by atomic mass is 35.5. The number of thiazole rings is 1. The molecule has 13 heteroatoms. The number of hydrogen-bond donors (Lipinski definition) is 1. The number of nitrogens with one attached hydrogen (secondary N) is 1. The van der Waals surface area contributed by atoms with Crippen molar-refractivity contribution < 1.29 is 23.9 Å². The zero-order valence-electron chi connectivity index (χ0n) is 23.9. The van der Waals surface area contributed by atoms with E-state index in [1.807, 2.05) is 25.1 Å². The van der Waals surface area contributed by atoms with Crippen molar-refractivity contribution in [2.45, 2.75) is 36.6 Å². The van der Waals surface area contributed by atoms with E-state index in [0.29, 0.717) is 26.8 Å². The first kappa shape index (κ1) is 31.1. The van der Waals surface area contributed by atoms with Crippen LogP contribution in [-0.2, 0) is 25.7 Å². The van der Waals surface area contributed by atoms with E-state index in [4.69, 9.17) is 27.9 Å². The molecule has 45 heavy (non-hydrogen) atoms. The molecule has 1 saturated heterocycles. The smallest absolute Gasteiger partial charge is 0.338 e. The van der Waals surface area contributed by atoms with Gasteiger partial charge in [-0.2, -0.15) is 0 Å². The van der Waals surface area contributed by atoms with Gasteiger partial charge in [0.1, 0.15) is 11.8 Å². The fourth-order valence-electron chi connectivity index (χ4n) is 5.63. The number of amides is 3. The van der Waals surface area contributed by atoms with Gasteiger partial charge in [-0.15, -0.1) is 0 Å². The quantitative estimate of drug-likeness (QED) is 0.184. The zero-order valence-corrected chi connectivity index (χ0v) is 27.1. The lowest BCUT2D eigenvalue weighted by atomic mass is 9.83. The number of anilines is 2. The lowest BCUT2D eigenvalue weighted by molar-refractivity contribution is -0.122. The van der Waals surface area contributed by atoms with Gasteiger partial charge in [-0.1, -0.05) is 70.6 Å². The number of fused-ring (bicyclic) bond motifs is 2. The number of ether oxygens (including phenoxy) is 1. The molecule has 1 N–H and O–H groups in total. The maximum atomic E-state index is 14.1. The molecule has 3 heterocycles. The predicted molar refractivity (Wildman–Crippen MR) is 175 cm³/mol. The second-order valence-corrected chi connectivity index (χ2v) is 13.4. The van der Waals surface area contributed by atoms with Gasteiger partial charge in [0.25, 0.3) is 0 Å². The van der Waals surface area contributed by atoms with E-state index < -0.39 is 45.6 Å². The van der Waals surface area contributed by atoms with E-state index in [-0.39, 0.29) is 28.8 Å². The fraction of sp³-hybridized carbons (Fsp3) is 0.219. The minimum atomic E-state index is -0.921. The standard InChI is InChI=1S/C32H25Cl2N3O6S2/c1-3-43-31(41)17-10-12-19(13-11-17)37-28(39)24-23(20-8-5-9-21(33)25(20)34)27-30(44-26(24)29(37)40)36(32(42)45-27)15-22(38)35-18-7-4-6-16(2)14-18/h4-14,23-24,26H,3,15H2,1-2H3,(H,35,38)/t23-,24?,26?/m1/s1. The number of aryl methyl sites for hydroxylation is 1. The summed E-state index contributed by atoms with van der Waals surface area (Å²) in [7, 11) is 0. The number of rotatable bonds is 7. The van der Waals surface area contributed by atoms with Crippen molar-refractivity contribution in [3.8, 4) is 0 Å². The highest BCUT2D eigenvalue weighted by molar-refractivity contribution is 8.00. The summed E-state index contributed by atoms with van der Waals surface area (Å²) in [5, 5.41) is 2.80. The molecule has 1 fully saturated rings. The van der Waals surface area contributed by atoms with Gasteiger partial charge in [-0.25, -0.2) is 9.69 Å². The predicted octanol–water partition coefficient (Wildman–Crippen LogP) is 6.14. The van der Waals surface area contributed by atoms with Crippen LogP contribution in [0.15, 0.2) is 76.6 Å². The van der Waals surface area contributed by atoms with Crippen LogP contribution in [0, 0.1) is 12.8 Å². The Kier molecular flexibility index (Phi) is 8.62. The Hall–Kier alpha value is -3.90. The summed E-state index contributed by atoms with van der Waals surface area (Å²) in [4.78, 5) is 68.0. The zero-order chi connectivity index (χ0) is 32.0. The van der Waals surface area contributed by atoms with Crippen LogP contribution in [-0.4, -0.2) is 40.1 Å². The van der Waals surface area contributed by atoms with Crippen LogP contribution in [0.1, 0.15) is 39.2 Å². The van der Waals surface area contributed by atoms with E-state index in [2.05, 4.69) is 5.32 Å². The number of esters is 1. The Bertz CT molecular complexity index is 1920. The number of carbonyl (C=O) groups excluding carboxylic acids is 4. The van der Waals surface area contributed by atoms with Gasteiger partial charge in [-0.3, -0.25) is 23.7 Å². The first-order chi connectivity index (χ1) is 21.6. The number of carbonyl (C=O) groups is 4. The van der Waals surface area contributed by atoms with Crippen molar-refractivity contribution in [2.24, 2.45) is 5.92 Å². The van der Waals surface area contributed by atoms with Crippen molar-refractivity contribution in [3.63, 3.8) is 0 Å². The van der Waals surface area contributed by atoms with Crippen LogP contribution in [0.3, 0.4) is 0 Å². The normalized spacial score (nSPS) is 18.8. The molecule has 0 aliphatic carbocycles. The number of nitrogens with zero attached hydrogens (tertiary/aromatic N) is 2. The SMILES string of the molecule is CCOC(=O)c1ccc(N2C(=O)C3Sc4c(sc(=O)n4CC(=O)Nc4cccc(C)c4)[C@H](c4cccc(Cl)c4Cl)C3C2=O)cc1. The topological polar surface area (TPSA) is 115 Å². The average molecular weight is 683 g/mol. The molecule has 2 aliphatic rings. The average Bonchev–Trinajstić information content (AvgIpc) is 3.45. The molecule has 0 bridgehead atoms. The molecule has 4 aromatic rings. The largest absolute Gasteiger partial charge is 0.462 e. The van der Waals surface area contributed by atoms with Gasteiger partial charge in [0.2, 0.25) is 17.7 Å². The molecule has 0 saturated carbocycles. The molecule has 2 unspecified atom stereocenters. The first-order valence-electron chi connectivity index (χ1n) is 13.9. The van der Waals surface area contributed by atoms with Gasteiger partial charge in [-0.05, 0) is 67.4 Å². The van der Waals surface area contributed by atoms with E-state index in [1.165, 1.54) is 28.8 Å². The van der Waals surface area contributed by atoms with Crippen molar-refractivity contribution in [1.29, 1.82) is 0 Å². The van der Waals surface area contributed by atoms with Crippen LogP contribution in [0.2, 0.25) is 10.0 Å². The third-order valence-corrected chi connectivity index (χ3v) is 11.0. The molecule has 9 nitrogen and oxygen atoms in total. The Morgan fingerprint density at radius 3 is 2.42 bits per heavy atom. The minimum Gasteiger partial charge on any atom is -0.462 e. The lowest BCUT2D eigenvalue weighted by Crippen LogP contribution is -2.33. The number of hydrogen-bond acceptors (Lipinski definition) is 8. The van der Waals surface area contributed by atoms with Crippen LogP contribution < -0.4 is 15.1 Å². The Balaban J connectivity index is 1.40. The summed E-state index contributed by atoms with van der Waals surface area (Å²) in [6.07, 6.45) is 0. The van der Waals surface area contributed by atoms with Crippen molar-refractivity contribution >= 4 is 81.4 Å². The summed E-state index contributed by atoms with van der Waals surface area (Å²) in [5.41, 5.74) is 2.63. The molecular formula is C32H25Cl2N3O6S2. The van der Waals surface area contributed by atoms with Gasteiger partial charge in [0, 0.05) is 16.5 Å². The molecular weight excluding hydrogens is 657 g/mol. The number of imide groups is 1. The van der Waals surface area contributed by atoms with E-state index in [9.17, 15) is 24.0 Å². The molecule has 0 radical (unpaired) electrons. The molecule has 6 rings (SSSR count). The number of halogens is 2. The molecule has 230 valence electrons. The first-order valence-corrected chi connectivity index (χ1v) is 16.4. The monoisotopic (exact) mass is 681 g/mol. The summed E-state index contributed by atoms with van der Waals surface area (Å²) < 4.78 is 6.38. The third-order valence-electron chi connectivity index (χ3n) is 7.61. The molecule has 0 spiro atoms. The Labute approximate surface area is 276 Å². The maximum Gasteiger partial charge on any atom is 0.338 e. The van der Waals surface area contributed by atoms with Crippen molar-refractivity contribution in [1.82, 2.24) is 4.57 Å². The maximum absolute atomic E-state index is 14.1. The molecule has 3 aromatic carbocycles. The van der Waals surface area contributed by atoms with Crippen LogP contribution >= 0.6 is 46.3 Å². The Morgan fingerprint density at radius 1 is 0.978 bits per heavy atom. The van der Waals surface area contributed by atoms with E-state index in [1.54, 1.807) is 31.2 Å². The number of thioether (sulfide) groups is 1.